The fraction of sp³-hybridized carbons (Fsp3) is 0.130. The lowest BCUT2D eigenvalue weighted by Crippen LogP contribution is -2.27. The SMILES string of the molecule is Cc1cc(/C=C2\SC(=O)N(Cc3ccccc3F)C2=O)c(C)n1-c1ccc(I)cc1. The van der Waals surface area contributed by atoms with Crippen LogP contribution in [0, 0.1) is 23.2 Å². The van der Waals surface area contributed by atoms with Crippen molar-refractivity contribution >= 4 is 51.6 Å². The average molecular weight is 532 g/mol. The van der Waals surface area contributed by atoms with Crippen LogP contribution in [0.1, 0.15) is 22.5 Å². The first-order valence-electron chi connectivity index (χ1n) is 9.29. The van der Waals surface area contributed by atoms with E-state index in [9.17, 15) is 14.0 Å². The molecule has 1 aliphatic rings. The molecular weight excluding hydrogens is 514 g/mol. The third-order valence-electron chi connectivity index (χ3n) is 5.00. The standard InChI is InChI=1S/C23H18FIN2O2S/c1-14-11-17(15(2)27(14)19-9-7-18(25)8-10-19)12-21-22(28)26(23(29)30-21)13-16-5-3-4-6-20(16)24/h3-12H,13H2,1-2H3/b21-12-. The number of benzene rings is 2. The van der Waals surface area contributed by atoms with Gasteiger partial charge in [-0.1, -0.05) is 18.2 Å². The molecule has 4 rings (SSSR count). The number of aryl methyl sites for hydroxylation is 1. The summed E-state index contributed by atoms with van der Waals surface area (Å²) in [4.78, 5) is 26.7. The third-order valence-corrected chi connectivity index (χ3v) is 6.63. The van der Waals surface area contributed by atoms with Crippen LogP contribution in [0.4, 0.5) is 9.18 Å². The Hall–Kier alpha value is -2.39. The van der Waals surface area contributed by atoms with Crippen molar-refractivity contribution in [3.05, 3.63) is 91.4 Å². The highest BCUT2D eigenvalue weighted by Gasteiger charge is 2.35. The number of nitrogens with zero attached hydrogens (tertiary/aromatic N) is 2. The smallest absolute Gasteiger partial charge is 0.293 e. The van der Waals surface area contributed by atoms with Crippen LogP contribution in [0.5, 0.6) is 0 Å². The zero-order valence-electron chi connectivity index (χ0n) is 16.4. The van der Waals surface area contributed by atoms with Crippen molar-refractivity contribution in [2.75, 3.05) is 0 Å². The second-order valence-electron chi connectivity index (χ2n) is 7.00. The Kier molecular flexibility index (Phi) is 5.84. The van der Waals surface area contributed by atoms with Gasteiger partial charge in [0.25, 0.3) is 11.1 Å². The van der Waals surface area contributed by atoms with Crippen LogP contribution < -0.4 is 0 Å². The number of hydrogen-bond donors (Lipinski definition) is 0. The maximum Gasteiger partial charge on any atom is 0.293 e. The fourth-order valence-corrected chi connectivity index (χ4v) is 4.68. The second kappa shape index (κ2) is 8.39. The van der Waals surface area contributed by atoms with Gasteiger partial charge >= 0.3 is 0 Å². The van der Waals surface area contributed by atoms with E-state index < -0.39 is 11.7 Å². The summed E-state index contributed by atoms with van der Waals surface area (Å²) in [5.74, 6) is -0.825. The molecule has 2 aromatic carbocycles. The predicted octanol–water partition coefficient (Wildman–Crippen LogP) is 6.07. The van der Waals surface area contributed by atoms with E-state index in [1.807, 2.05) is 44.2 Å². The molecule has 2 heterocycles. The molecule has 1 saturated heterocycles. The van der Waals surface area contributed by atoms with Crippen molar-refractivity contribution < 1.29 is 14.0 Å². The first-order valence-corrected chi connectivity index (χ1v) is 11.2. The molecule has 0 spiro atoms. The normalized spacial score (nSPS) is 15.5. The van der Waals surface area contributed by atoms with Crippen LogP contribution in [-0.4, -0.2) is 20.6 Å². The second-order valence-corrected chi connectivity index (χ2v) is 9.24. The molecule has 0 unspecified atom stereocenters. The van der Waals surface area contributed by atoms with Gasteiger partial charge in [-0.05, 0) is 96.2 Å². The van der Waals surface area contributed by atoms with Crippen LogP contribution >= 0.6 is 34.4 Å². The molecule has 0 bridgehead atoms. The van der Waals surface area contributed by atoms with Crippen molar-refractivity contribution in [3.63, 3.8) is 0 Å². The van der Waals surface area contributed by atoms with E-state index >= 15 is 0 Å². The zero-order valence-corrected chi connectivity index (χ0v) is 19.3. The van der Waals surface area contributed by atoms with Gasteiger partial charge in [0.1, 0.15) is 5.82 Å². The van der Waals surface area contributed by atoms with Gasteiger partial charge in [-0.3, -0.25) is 14.5 Å². The molecule has 1 aromatic heterocycles. The van der Waals surface area contributed by atoms with Gasteiger partial charge in [0.05, 0.1) is 11.4 Å². The fourth-order valence-electron chi connectivity index (χ4n) is 3.50. The topological polar surface area (TPSA) is 42.3 Å². The molecule has 30 heavy (non-hydrogen) atoms. The summed E-state index contributed by atoms with van der Waals surface area (Å²) >= 11 is 3.16. The van der Waals surface area contributed by atoms with Crippen LogP contribution in [0.15, 0.2) is 59.5 Å². The van der Waals surface area contributed by atoms with E-state index in [0.29, 0.717) is 10.5 Å². The van der Waals surface area contributed by atoms with Crippen molar-refractivity contribution in [3.8, 4) is 5.69 Å². The Morgan fingerprint density at radius 2 is 1.77 bits per heavy atom. The summed E-state index contributed by atoms with van der Waals surface area (Å²) in [7, 11) is 0. The minimum atomic E-state index is -0.429. The number of imide groups is 1. The van der Waals surface area contributed by atoms with Gasteiger partial charge in [-0.15, -0.1) is 0 Å². The Morgan fingerprint density at radius 1 is 1.07 bits per heavy atom. The molecule has 1 fully saturated rings. The number of amides is 2. The van der Waals surface area contributed by atoms with Crippen LogP contribution in [0.2, 0.25) is 0 Å². The molecule has 0 aliphatic carbocycles. The van der Waals surface area contributed by atoms with Gasteiger partial charge in [0.2, 0.25) is 0 Å². The lowest BCUT2D eigenvalue weighted by atomic mass is 10.2. The van der Waals surface area contributed by atoms with Crippen LogP contribution in [-0.2, 0) is 11.3 Å². The summed E-state index contributed by atoms with van der Waals surface area (Å²) in [6.07, 6.45) is 1.75. The molecule has 2 amide bonds. The largest absolute Gasteiger partial charge is 0.318 e. The zero-order chi connectivity index (χ0) is 21.4. The van der Waals surface area contributed by atoms with E-state index in [1.165, 1.54) is 6.07 Å². The molecule has 0 radical (unpaired) electrons. The molecule has 0 atom stereocenters. The lowest BCUT2D eigenvalue weighted by molar-refractivity contribution is -0.123. The number of thioether (sulfide) groups is 1. The first kappa shape index (κ1) is 20.9. The minimum absolute atomic E-state index is 0.0731. The lowest BCUT2D eigenvalue weighted by Gasteiger charge is -2.12. The summed E-state index contributed by atoms with van der Waals surface area (Å²) < 4.78 is 17.2. The first-order chi connectivity index (χ1) is 14.3. The summed E-state index contributed by atoms with van der Waals surface area (Å²) in [6, 6.07) is 16.4. The van der Waals surface area contributed by atoms with Crippen molar-refractivity contribution in [2.45, 2.75) is 20.4 Å². The molecular formula is C23H18FIN2O2S. The van der Waals surface area contributed by atoms with Crippen LogP contribution in [0.25, 0.3) is 11.8 Å². The number of aromatic nitrogens is 1. The Bertz CT molecular complexity index is 1180. The number of carbonyl (C=O) groups excluding carboxylic acids is 2. The Morgan fingerprint density at radius 3 is 2.47 bits per heavy atom. The Balaban J connectivity index is 1.63. The minimum Gasteiger partial charge on any atom is -0.318 e. The predicted molar refractivity (Wildman–Crippen MR) is 126 cm³/mol. The average Bonchev–Trinajstić information content (AvgIpc) is 3.14. The van der Waals surface area contributed by atoms with Crippen LogP contribution in [0.3, 0.4) is 0 Å². The highest BCUT2D eigenvalue weighted by Crippen LogP contribution is 2.35. The Labute approximate surface area is 191 Å². The number of rotatable bonds is 4. The van der Waals surface area contributed by atoms with E-state index in [-0.39, 0.29) is 11.8 Å². The summed E-state index contributed by atoms with van der Waals surface area (Å²) in [5, 5.41) is -0.388. The molecule has 7 heteroatoms. The molecule has 1 aliphatic heterocycles. The van der Waals surface area contributed by atoms with E-state index in [4.69, 9.17) is 0 Å². The van der Waals surface area contributed by atoms with Gasteiger partial charge in [0.15, 0.2) is 0 Å². The van der Waals surface area contributed by atoms with E-state index in [1.54, 1.807) is 24.3 Å². The van der Waals surface area contributed by atoms with Crippen molar-refractivity contribution in [2.24, 2.45) is 0 Å². The molecule has 4 nitrogen and oxygen atoms in total. The number of carbonyl (C=O) groups is 2. The van der Waals surface area contributed by atoms with Gasteiger partial charge in [0, 0.05) is 26.2 Å². The molecule has 152 valence electrons. The van der Waals surface area contributed by atoms with E-state index in [2.05, 4.69) is 27.2 Å². The molecule has 0 N–H and O–H groups in total. The quantitative estimate of drug-likeness (QED) is 0.303. The highest BCUT2D eigenvalue weighted by molar-refractivity contribution is 14.1. The number of hydrogen-bond acceptors (Lipinski definition) is 3. The van der Waals surface area contributed by atoms with Gasteiger partial charge < -0.3 is 4.57 Å². The third kappa shape index (κ3) is 3.96. The highest BCUT2D eigenvalue weighted by atomic mass is 127. The molecule has 3 aromatic rings. The maximum absolute atomic E-state index is 14.0. The van der Waals surface area contributed by atoms with Crippen molar-refractivity contribution in [1.29, 1.82) is 0 Å². The number of halogens is 2. The maximum atomic E-state index is 14.0. The molecule has 0 saturated carbocycles. The van der Waals surface area contributed by atoms with Crippen molar-refractivity contribution in [1.82, 2.24) is 9.47 Å². The summed E-state index contributed by atoms with van der Waals surface area (Å²) in [6.45, 7) is 3.92. The van der Waals surface area contributed by atoms with Gasteiger partial charge in [-0.2, -0.15) is 0 Å². The monoisotopic (exact) mass is 532 g/mol. The summed E-state index contributed by atoms with van der Waals surface area (Å²) in [5.41, 5.74) is 4.25. The van der Waals surface area contributed by atoms with E-state index in [0.717, 1.165) is 42.9 Å². The van der Waals surface area contributed by atoms with Gasteiger partial charge in [-0.25, -0.2) is 4.39 Å².